The molecule has 0 aliphatic heterocycles. The fraction of sp³-hybridized carbons (Fsp3) is 0.375. The predicted molar refractivity (Wildman–Crippen MR) is 162 cm³/mol. The molecular weight excluding hydrogens is 564 g/mol. The highest BCUT2D eigenvalue weighted by atomic mass is 35.5. The van der Waals surface area contributed by atoms with Gasteiger partial charge < -0.3 is 24.4 Å². The third-order valence-electron chi connectivity index (χ3n) is 6.36. The summed E-state index contributed by atoms with van der Waals surface area (Å²) in [5.41, 5.74) is 1.99. The van der Waals surface area contributed by atoms with Crippen LogP contribution in [0.1, 0.15) is 56.1 Å². The number of aryl methyl sites for hydroxylation is 1. The Balaban J connectivity index is 1.46. The Morgan fingerprint density at radius 3 is 2.20 bits per heavy atom. The van der Waals surface area contributed by atoms with Crippen molar-refractivity contribution in [2.75, 3.05) is 19.5 Å². The Bertz CT molecular complexity index is 1260. The molecule has 3 aromatic rings. The maximum atomic E-state index is 11.2. The van der Waals surface area contributed by atoms with Crippen molar-refractivity contribution < 1.29 is 34.0 Å². The molecule has 0 unspecified atom stereocenters. The van der Waals surface area contributed by atoms with Crippen LogP contribution in [0.4, 0.5) is 0 Å². The number of benzene rings is 3. The number of aliphatic carboxylic acids is 2. The van der Waals surface area contributed by atoms with E-state index in [4.69, 9.17) is 30.9 Å². The van der Waals surface area contributed by atoms with Crippen LogP contribution < -0.4 is 14.2 Å². The van der Waals surface area contributed by atoms with E-state index in [1.54, 1.807) is 23.9 Å². The van der Waals surface area contributed by atoms with Crippen molar-refractivity contribution in [2.45, 2.75) is 62.7 Å². The van der Waals surface area contributed by atoms with Crippen molar-refractivity contribution in [2.24, 2.45) is 0 Å². The van der Waals surface area contributed by atoms with Crippen LogP contribution in [-0.2, 0) is 22.4 Å². The number of carboxylic acid groups (broad SMARTS) is 2. The van der Waals surface area contributed by atoms with Gasteiger partial charge in [0.1, 0.15) is 23.0 Å². The number of hydrogen-bond acceptors (Lipinski definition) is 6. The van der Waals surface area contributed by atoms with Gasteiger partial charge in [0.15, 0.2) is 0 Å². The van der Waals surface area contributed by atoms with Crippen molar-refractivity contribution in [3.8, 4) is 23.0 Å². The van der Waals surface area contributed by atoms with Gasteiger partial charge in [-0.2, -0.15) is 0 Å². The summed E-state index contributed by atoms with van der Waals surface area (Å²) in [5, 5.41) is 18.7. The minimum Gasteiger partial charge on any atom is -0.493 e. The van der Waals surface area contributed by atoms with Gasteiger partial charge in [0.05, 0.1) is 13.2 Å². The van der Waals surface area contributed by atoms with E-state index in [2.05, 4.69) is 0 Å². The monoisotopic (exact) mass is 600 g/mol. The molecule has 0 heterocycles. The summed E-state index contributed by atoms with van der Waals surface area (Å²) >= 11 is 7.59. The van der Waals surface area contributed by atoms with Gasteiger partial charge in [-0.15, -0.1) is 11.8 Å². The Morgan fingerprint density at radius 1 is 0.756 bits per heavy atom. The lowest BCUT2D eigenvalue weighted by Crippen LogP contribution is -2.07. The number of carboxylic acids is 2. The second kappa shape index (κ2) is 17.5. The van der Waals surface area contributed by atoms with Gasteiger partial charge in [0.25, 0.3) is 0 Å². The van der Waals surface area contributed by atoms with Gasteiger partial charge >= 0.3 is 11.9 Å². The summed E-state index contributed by atoms with van der Waals surface area (Å²) in [5.74, 6) is 1.11. The van der Waals surface area contributed by atoms with Crippen molar-refractivity contribution in [3.05, 3.63) is 76.8 Å². The molecular formula is C32H37ClO7S. The highest BCUT2D eigenvalue weighted by molar-refractivity contribution is 7.98. The van der Waals surface area contributed by atoms with E-state index in [9.17, 15) is 14.7 Å². The van der Waals surface area contributed by atoms with Crippen LogP contribution in [0, 0.1) is 0 Å². The third-order valence-corrected chi connectivity index (χ3v) is 7.32. The molecule has 41 heavy (non-hydrogen) atoms. The molecule has 3 aromatic carbocycles. The van der Waals surface area contributed by atoms with E-state index in [-0.39, 0.29) is 19.4 Å². The number of unbranched alkanes of at least 4 members (excludes halogenated alkanes) is 3. The number of halogens is 1. The summed E-state index contributed by atoms with van der Waals surface area (Å²) in [6, 6.07) is 18.9. The summed E-state index contributed by atoms with van der Waals surface area (Å²) < 4.78 is 17.9. The smallest absolute Gasteiger partial charge is 0.303 e. The van der Waals surface area contributed by atoms with E-state index in [0.29, 0.717) is 41.7 Å². The van der Waals surface area contributed by atoms with E-state index in [1.807, 2.05) is 54.8 Å². The molecule has 0 spiro atoms. The van der Waals surface area contributed by atoms with Gasteiger partial charge in [-0.05, 0) is 92.0 Å². The minimum absolute atomic E-state index is 0.0179. The molecule has 0 aromatic heterocycles. The Labute approximate surface area is 250 Å². The lowest BCUT2D eigenvalue weighted by Gasteiger charge is -2.15. The van der Waals surface area contributed by atoms with E-state index in [1.165, 1.54) is 0 Å². The lowest BCUT2D eigenvalue weighted by molar-refractivity contribution is -0.138. The maximum Gasteiger partial charge on any atom is 0.303 e. The summed E-state index contributed by atoms with van der Waals surface area (Å²) in [7, 11) is 0. The summed E-state index contributed by atoms with van der Waals surface area (Å²) in [6.07, 6.45) is 7.57. The standard InChI is InChI=1S/C32H37ClO7S/c1-41-28-21-26(20-27(22-28)40-25-14-12-24(33)13-15-25)38-18-5-3-2-4-8-23-9-6-10-30(29(23)16-17-32(36)37)39-19-7-11-31(34)35/h6,9-10,12-15,20-22H,2-5,7-8,11,16-19H2,1H3,(H,34,35)(H,36,37). The zero-order valence-electron chi connectivity index (χ0n) is 23.3. The number of thioether (sulfide) groups is 1. The topological polar surface area (TPSA) is 102 Å². The van der Waals surface area contributed by atoms with Gasteiger partial charge in [-0.1, -0.05) is 36.6 Å². The molecule has 3 rings (SSSR count). The minimum atomic E-state index is -0.861. The van der Waals surface area contributed by atoms with Crippen LogP contribution in [-0.4, -0.2) is 41.6 Å². The molecule has 9 heteroatoms. The van der Waals surface area contributed by atoms with Gasteiger partial charge in [-0.3, -0.25) is 9.59 Å². The summed E-state index contributed by atoms with van der Waals surface area (Å²) in [6.45, 7) is 0.881. The molecule has 0 aliphatic rings. The lowest BCUT2D eigenvalue weighted by atomic mass is 9.97. The summed E-state index contributed by atoms with van der Waals surface area (Å²) in [4.78, 5) is 23.0. The molecule has 0 saturated heterocycles. The van der Waals surface area contributed by atoms with Crippen molar-refractivity contribution in [1.29, 1.82) is 0 Å². The number of carbonyl (C=O) groups is 2. The zero-order valence-corrected chi connectivity index (χ0v) is 24.8. The Morgan fingerprint density at radius 2 is 1.46 bits per heavy atom. The van der Waals surface area contributed by atoms with Gasteiger partial charge in [-0.25, -0.2) is 0 Å². The van der Waals surface area contributed by atoms with Crippen LogP contribution >= 0.6 is 23.4 Å². The molecule has 0 amide bonds. The van der Waals surface area contributed by atoms with Crippen LogP contribution in [0.5, 0.6) is 23.0 Å². The molecule has 220 valence electrons. The molecule has 0 saturated carbocycles. The first-order valence-electron chi connectivity index (χ1n) is 13.8. The number of hydrogen-bond donors (Lipinski definition) is 2. The van der Waals surface area contributed by atoms with Gasteiger partial charge in [0, 0.05) is 28.8 Å². The first kappa shape index (κ1) is 32.2. The van der Waals surface area contributed by atoms with Crippen LogP contribution in [0.15, 0.2) is 65.6 Å². The first-order valence-corrected chi connectivity index (χ1v) is 15.4. The maximum absolute atomic E-state index is 11.2. The third kappa shape index (κ3) is 12.0. The van der Waals surface area contributed by atoms with Gasteiger partial charge in [0.2, 0.25) is 0 Å². The van der Waals surface area contributed by atoms with Crippen molar-refractivity contribution in [3.63, 3.8) is 0 Å². The molecule has 7 nitrogen and oxygen atoms in total. The number of ether oxygens (including phenoxy) is 3. The highest BCUT2D eigenvalue weighted by Crippen LogP contribution is 2.32. The quantitative estimate of drug-likeness (QED) is 0.105. The Hall–Kier alpha value is -3.36. The van der Waals surface area contributed by atoms with Crippen molar-refractivity contribution in [1.82, 2.24) is 0 Å². The largest absolute Gasteiger partial charge is 0.493 e. The fourth-order valence-electron chi connectivity index (χ4n) is 4.31. The average molecular weight is 601 g/mol. The van der Waals surface area contributed by atoms with E-state index in [0.717, 1.165) is 53.9 Å². The molecule has 0 radical (unpaired) electrons. The average Bonchev–Trinajstić information content (AvgIpc) is 2.95. The van der Waals surface area contributed by atoms with Crippen LogP contribution in [0.2, 0.25) is 5.02 Å². The fourth-order valence-corrected chi connectivity index (χ4v) is 4.90. The second-order valence-electron chi connectivity index (χ2n) is 9.55. The number of rotatable bonds is 19. The van der Waals surface area contributed by atoms with Crippen LogP contribution in [0.3, 0.4) is 0 Å². The van der Waals surface area contributed by atoms with Crippen LogP contribution in [0.25, 0.3) is 0 Å². The predicted octanol–water partition coefficient (Wildman–Crippen LogP) is 8.30. The van der Waals surface area contributed by atoms with E-state index < -0.39 is 11.9 Å². The molecule has 0 aliphatic carbocycles. The molecule has 0 fully saturated rings. The zero-order chi connectivity index (χ0) is 29.5. The Kier molecular flexibility index (Phi) is 13.7. The second-order valence-corrected chi connectivity index (χ2v) is 10.9. The van der Waals surface area contributed by atoms with E-state index >= 15 is 0 Å². The van der Waals surface area contributed by atoms with Crippen molar-refractivity contribution >= 4 is 35.3 Å². The molecule has 0 bridgehead atoms. The molecule has 2 N–H and O–H groups in total. The molecule has 0 atom stereocenters. The SMILES string of the molecule is CSc1cc(OCCCCCCc2cccc(OCCCC(=O)O)c2CCC(=O)O)cc(Oc2ccc(Cl)cc2)c1. The highest BCUT2D eigenvalue weighted by Gasteiger charge is 2.12. The normalized spacial score (nSPS) is 10.8. The first-order chi connectivity index (χ1) is 19.8.